The SMILES string of the molecule is CC(C)C(=O)Nc1nc(CC(=O)Nc2ncc(C(C)C)s2)cs1. The summed E-state index contributed by atoms with van der Waals surface area (Å²) in [5.41, 5.74) is 0.632. The number of carbonyl (C=O) groups excluding carboxylic acids is 2. The van der Waals surface area contributed by atoms with E-state index in [0.29, 0.717) is 21.9 Å². The van der Waals surface area contributed by atoms with E-state index in [4.69, 9.17) is 0 Å². The van der Waals surface area contributed by atoms with Gasteiger partial charge >= 0.3 is 0 Å². The van der Waals surface area contributed by atoms with Crippen LogP contribution in [0, 0.1) is 5.92 Å². The lowest BCUT2D eigenvalue weighted by Crippen LogP contribution is -2.18. The van der Waals surface area contributed by atoms with E-state index < -0.39 is 0 Å². The van der Waals surface area contributed by atoms with Gasteiger partial charge in [0.1, 0.15) is 0 Å². The summed E-state index contributed by atoms with van der Waals surface area (Å²) in [6.45, 7) is 7.80. The van der Waals surface area contributed by atoms with Crippen molar-refractivity contribution in [1.29, 1.82) is 0 Å². The fourth-order valence-electron chi connectivity index (χ4n) is 1.63. The van der Waals surface area contributed by atoms with E-state index >= 15 is 0 Å². The molecule has 0 saturated heterocycles. The van der Waals surface area contributed by atoms with Crippen molar-refractivity contribution >= 4 is 44.8 Å². The molecular formula is C15H20N4O2S2. The third-order valence-electron chi connectivity index (χ3n) is 2.99. The van der Waals surface area contributed by atoms with Gasteiger partial charge in [0.15, 0.2) is 10.3 Å². The second-order valence-corrected chi connectivity index (χ2v) is 7.66. The first-order chi connectivity index (χ1) is 10.8. The maximum Gasteiger partial charge on any atom is 0.232 e. The summed E-state index contributed by atoms with van der Waals surface area (Å²) in [5.74, 6) is 0.0376. The molecule has 2 aromatic rings. The van der Waals surface area contributed by atoms with Gasteiger partial charge in [-0.15, -0.1) is 22.7 Å². The first-order valence-corrected chi connectivity index (χ1v) is 9.05. The summed E-state index contributed by atoms with van der Waals surface area (Å²) < 4.78 is 0. The molecule has 0 aliphatic rings. The Morgan fingerprint density at radius 1 is 1.17 bits per heavy atom. The van der Waals surface area contributed by atoms with Crippen LogP contribution in [0.15, 0.2) is 11.6 Å². The van der Waals surface area contributed by atoms with Crippen molar-refractivity contribution in [2.24, 2.45) is 5.92 Å². The van der Waals surface area contributed by atoms with Crippen LogP contribution in [0.4, 0.5) is 10.3 Å². The molecule has 2 heterocycles. The Hall–Kier alpha value is -1.80. The Morgan fingerprint density at radius 2 is 1.91 bits per heavy atom. The van der Waals surface area contributed by atoms with Crippen LogP contribution >= 0.6 is 22.7 Å². The van der Waals surface area contributed by atoms with Gasteiger partial charge < -0.3 is 10.6 Å². The van der Waals surface area contributed by atoms with E-state index in [1.165, 1.54) is 22.7 Å². The molecule has 2 aromatic heterocycles. The predicted molar refractivity (Wildman–Crippen MR) is 94.1 cm³/mol. The Balaban J connectivity index is 1.90. The molecule has 2 amide bonds. The van der Waals surface area contributed by atoms with E-state index in [9.17, 15) is 9.59 Å². The minimum absolute atomic E-state index is 0.0839. The molecule has 0 aliphatic carbocycles. The van der Waals surface area contributed by atoms with Gasteiger partial charge in [0.2, 0.25) is 11.8 Å². The smallest absolute Gasteiger partial charge is 0.232 e. The molecule has 6 nitrogen and oxygen atoms in total. The van der Waals surface area contributed by atoms with Gasteiger partial charge in [-0.25, -0.2) is 9.97 Å². The number of thiazole rings is 2. The van der Waals surface area contributed by atoms with Crippen molar-refractivity contribution in [3.05, 3.63) is 22.1 Å². The number of aromatic nitrogens is 2. The molecule has 2 rings (SSSR count). The fraction of sp³-hybridized carbons (Fsp3) is 0.467. The summed E-state index contributed by atoms with van der Waals surface area (Å²) in [5, 5.41) is 8.40. The van der Waals surface area contributed by atoms with Crippen LogP contribution in [0.5, 0.6) is 0 Å². The molecule has 8 heteroatoms. The summed E-state index contributed by atoms with van der Waals surface area (Å²) >= 11 is 2.79. The van der Waals surface area contributed by atoms with Crippen molar-refractivity contribution in [1.82, 2.24) is 9.97 Å². The van der Waals surface area contributed by atoms with Crippen LogP contribution in [-0.4, -0.2) is 21.8 Å². The molecule has 0 spiro atoms. The lowest BCUT2D eigenvalue weighted by Gasteiger charge is -2.03. The van der Waals surface area contributed by atoms with Crippen molar-refractivity contribution < 1.29 is 9.59 Å². The Labute approximate surface area is 143 Å². The Kier molecular flexibility index (Phi) is 5.84. The van der Waals surface area contributed by atoms with E-state index in [2.05, 4.69) is 34.4 Å². The molecule has 0 fully saturated rings. The molecule has 0 saturated carbocycles. The molecule has 0 aliphatic heterocycles. The normalized spacial score (nSPS) is 11.0. The second kappa shape index (κ2) is 7.65. The average Bonchev–Trinajstić information content (AvgIpc) is 3.08. The highest BCUT2D eigenvalue weighted by atomic mass is 32.1. The number of carbonyl (C=O) groups is 2. The first kappa shape index (κ1) is 17.6. The molecule has 2 N–H and O–H groups in total. The summed E-state index contributed by atoms with van der Waals surface area (Å²) in [4.78, 5) is 33.2. The van der Waals surface area contributed by atoms with E-state index in [-0.39, 0.29) is 24.2 Å². The molecule has 124 valence electrons. The van der Waals surface area contributed by atoms with E-state index in [0.717, 1.165) is 4.88 Å². The number of rotatable bonds is 6. The van der Waals surface area contributed by atoms with Crippen LogP contribution in [-0.2, 0) is 16.0 Å². The number of anilines is 2. The van der Waals surface area contributed by atoms with Crippen molar-refractivity contribution in [2.75, 3.05) is 10.6 Å². The summed E-state index contributed by atoms with van der Waals surface area (Å²) in [6.07, 6.45) is 1.94. The fourth-order valence-corrected chi connectivity index (χ4v) is 3.18. The summed E-state index contributed by atoms with van der Waals surface area (Å²) in [7, 11) is 0. The van der Waals surface area contributed by atoms with Crippen LogP contribution in [0.25, 0.3) is 0 Å². The Morgan fingerprint density at radius 3 is 2.52 bits per heavy atom. The number of nitrogens with one attached hydrogen (secondary N) is 2. The average molecular weight is 352 g/mol. The maximum absolute atomic E-state index is 12.0. The van der Waals surface area contributed by atoms with Gasteiger partial charge in [-0.3, -0.25) is 9.59 Å². The van der Waals surface area contributed by atoms with Crippen molar-refractivity contribution in [3.63, 3.8) is 0 Å². The molecule has 0 unspecified atom stereocenters. The first-order valence-electron chi connectivity index (χ1n) is 7.36. The Bertz CT molecular complexity index is 691. The molecule has 0 atom stereocenters. The summed E-state index contributed by atoms with van der Waals surface area (Å²) in [6, 6.07) is 0. The number of amides is 2. The number of nitrogens with zero attached hydrogens (tertiary/aromatic N) is 2. The quantitative estimate of drug-likeness (QED) is 0.833. The van der Waals surface area contributed by atoms with E-state index in [1.54, 1.807) is 11.6 Å². The lowest BCUT2D eigenvalue weighted by molar-refractivity contribution is -0.119. The van der Waals surface area contributed by atoms with Crippen molar-refractivity contribution in [2.45, 2.75) is 40.0 Å². The molecule has 0 bridgehead atoms. The highest BCUT2D eigenvalue weighted by Gasteiger charge is 2.13. The van der Waals surface area contributed by atoms with Crippen LogP contribution < -0.4 is 10.6 Å². The third kappa shape index (κ3) is 5.11. The topological polar surface area (TPSA) is 84.0 Å². The van der Waals surface area contributed by atoms with Gasteiger partial charge in [0.05, 0.1) is 12.1 Å². The van der Waals surface area contributed by atoms with Gasteiger partial charge in [-0.05, 0) is 5.92 Å². The third-order valence-corrected chi connectivity index (χ3v) is 5.01. The predicted octanol–water partition coefficient (Wildman–Crippen LogP) is 3.50. The zero-order valence-electron chi connectivity index (χ0n) is 13.5. The van der Waals surface area contributed by atoms with Crippen LogP contribution in [0.3, 0.4) is 0 Å². The van der Waals surface area contributed by atoms with Crippen molar-refractivity contribution in [3.8, 4) is 0 Å². The highest BCUT2D eigenvalue weighted by Crippen LogP contribution is 2.25. The van der Waals surface area contributed by atoms with Crippen LogP contribution in [0.1, 0.15) is 44.2 Å². The van der Waals surface area contributed by atoms with Gasteiger partial charge in [0, 0.05) is 22.4 Å². The minimum Gasteiger partial charge on any atom is -0.302 e. The largest absolute Gasteiger partial charge is 0.302 e. The molecule has 0 aromatic carbocycles. The van der Waals surface area contributed by atoms with Gasteiger partial charge in [-0.2, -0.15) is 0 Å². The minimum atomic E-state index is -0.165. The zero-order valence-corrected chi connectivity index (χ0v) is 15.2. The number of hydrogen-bond acceptors (Lipinski definition) is 6. The zero-order chi connectivity index (χ0) is 17.0. The standard InChI is InChI=1S/C15H20N4O2S2/c1-8(2)11-6-16-14(23-11)18-12(20)5-10-7-22-15(17-10)19-13(21)9(3)4/h6-9H,5H2,1-4H3,(H,16,18,20)(H,17,19,21). The second-order valence-electron chi connectivity index (χ2n) is 5.74. The maximum atomic E-state index is 12.0. The molecule has 23 heavy (non-hydrogen) atoms. The monoisotopic (exact) mass is 352 g/mol. The molecule has 0 radical (unpaired) electrons. The highest BCUT2D eigenvalue weighted by molar-refractivity contribution is 7.15. The van der Waals surface area contributed by atoms with Crippen LogP contribution in [0.2, 0.25) is 0 Å². The van der Waals surface area contributed by atoms with E-state index in [1.807, 2.05) is 13.8 Å². The lowest BCUT2D eigenvalue weighted by atomic mass is 10.2. The molecular weight excluding hydrogens is 332 g/mol. The van der Waals surface area contributed by atoms with Gasteiger partial charge in [-0.1, -0.05) is 27.7 Å². The number of hydrogen-bond donors (Lipinski definition) is 2. The van der Waals surface area contributed by atoms with Gasteiger partial charge in [0.25, 0.3) is 0 Å².